The fourth-order valence-electron chi connectivity index (χ4n) is 2.14. The lowest BCUT2D eigenvalue weighted by molar-refractivity contribution is 0.741. The number of rotatable bonds is 1. The molecule has 0 fully saturated rings. The maximum atomic E-state index is 5.27. The van der Waals surface area contributed by atoms with Crippen molar-refractivity contribution in [1.29, 1.82) is 0 Å². The van der Waals surface area contributed by atoms with E-state index in [1.54, 1.807) is 4.68 Å². The number of hydrogen-bond donors (Lipinski definition) is 0. The standard InChI is InChI=1S/C14H13N3S/c1-16-13(15-17(2)14(16)18)12-8-7-10-5-3-4-6-11(10)9-12/h3-9H,1-2H3. The van der Waals surface area contributed by atoms with Crippen LogP contribution < -0.4 is 0 Å². The van der Waals surface area contributed by atoms with E-state index in [0.717, 1.165) is 16.2 Å². The van der Waals surface area contributed by atoms with Gasteiger partial charge in [0.15, 0.2) is 10.6 Å². The molecule has 0 amide bonds. The maximum absolute atomic E-state index is 5.27. The van der Waals surface area contributed by atoms with E-state index in [1.165, 1.54) is 10.8 Å². The largest absolute Gasteiger partial charge is 0.303 e. The van der Waals surface area contributed by atoms with Gasteiger partial charge in [0.05, 0.1) is 0 Å². The van der Waals surface area contributed by atoms with Crippen LogP contribution >= 0.6 is 12.2 Å². The normalized spacial score (nSPS) is 11.0. The Morgan fingerprint density at radius 3 is 2.39 bits per heavy atom. The minimum atomic E-state index is 0.721. The molecule has 0 spiro atoms. The Morgan fingerprint density at radius 1 is 1.00 bits per heavy atom. The zero-order valence-corrected chi connectivity index (χ0v) is 11.1. The molecule has 0 saturated heterocycles. The molecule has 1 aromatic heterocycles. The summed E-state index contributed by atoms with van der Waals surface area (Å²) in [6.45, 7) is 0. The lowest BCUT2D eigenvalue weighted by Gasteiger charge is -2.02. The maximum Gasteiger partial charge on any atom is 0.197 e. The first kappa shape index (κ1) is 11.2. The predicted molar refractivity (Wildman–Crippen MR) is 76.0 cm³/mol. The Kier molecular flexibility index (Phi) is 2.52. The Balaban J connectivity index is 2.25. The minimum Gasteiger partial charge on any atom is -0.303 e. The van der Waals surface area contributed by atoms with Gasteiger partial charge >= 0.3 is 0 Å². The van der Waals surface area contributed by atoms with Crippen molar-refractivity contribution in [3.8, 4) is 11.4 Å². The van der Waals surface area contributed by atoms with E-state index in [0.29, 0.717) is 0 Å². The molecule has 4 heteroatoms. The summed E-state index contributed by atoms with van der Waals surface area (Å²) in [6, 6.07) is 14.6. The summed E-state index contributed by atoms with van der Waals surface area (Å²) in [5.41, 5.74) is 1.09. The summed E-state index contributed by atoms with van der Waals surface area (Å²) >= 11 is 5.27. The van der Waals surface area contributed by atoms with Gasteiger partial charge in [0.1, 0.15) is 0 Å². The van der Waals surface area contributed by atoms with Gasteiger partial charge in [-0.05, 0) is 29.1 Å². The Labute approximate surface area is 110 Å². The number of aromatic nitrogens is 3. The molecule has 90 valence electrons. The third-order valence-electron chi connectivity index (χ3n) is 3.13. The van der Waals surface area contributed by atoms with E-state index in [-0.39, 0.29) is 0 Å². The molecular formula is C14H13N3S. The lowest BCUT2D eigenvalue weighted by atomic mass is 10.1. The van der Waals surface area contributed by atoms with E-state index in [9.17, 15) is 0 Å². The van der Waals surface area contributed by atoms with Gasteiger partial charge in [-0.3, -0.25) is 0 Å². The average Bonchev–Trinajstić information content (AvgIpc) is 2.66. The van der Waals surface area contributed by atoms with Crippen molar-refractivity contribution in [2.75, 3.05) is 0 Å². The highest BCUT2D eigenvalue weighted by Crippen LogP contribution is 2.22. The molecule has 3 aromatic rings. The second kappa shape index (κ2) is 4.07. The van der Waals surface area contributed by atoms with E-state index in [2.05, 4.69) is 35.4 Å². The van der Waals surface area contributed by atoms with Gasteiger partial charge in [0.2, 0.25) is 0 Å². The molecule has 0 bridgehead atoms. The van der Waals surface area contributed by atoms with Crippen LogP contribution in [0.2, 0.25) is 0 Å². The fourth-order valence-corrected chi connectivity index (χ4v) is 2.27. The second-order valence-corrected chi connectivity index (χ2v) is 4.72. The number of benzene rings is 2. The fraction of sp³-hybridized carbons (Fsp3) is 0.143. The van der Waals surface area contributed by atoms with E-state index in [4.69, 9.17) is 12.2 Å². The van der Waals surface area contributed by atoms with Crippen molar-refractivity contribution in [2.24, 2.45) is 14.1 Å². The lowest BCUT2D eigenvalue weighted by Crippen LogP contribution is -1.92. The molecule has 2 aromatic carbocycles. The summed E-state index contributed by atoms with van der Waals surface area (Å²) in [5, 5.41) is 6.91. The van der Waals surface area contributed by atoms with Crippen molar-refractivity contribution in [2.45, 2.75) is 0 Å². The molecule has 3 rings (SSSR count). The van der Waals surface area contributed by atoms with Crippen LogP contribution in [-0.2, 0) is 14.1 Å². The third-order valence-corrected chi connectivity index (χ3v) is 3.67. The Hall–Kier alpha value is -1.94. The van der Waals surface area contributed by atoms with Crippen molar-refractivity contribution in [3.63, 3.8) is 0 Å². The van der Waals surface area contributed by atoms with Crippen molar-refractivity contribution < 1.29 is 0 Å². The van der Waals surface area contributed by atoms with Gasteiger partial charge in [0, 0.05) is 19.7 Å². The summed E-state index contributed by atoms with van der Waals surface area (Å²) in [7, 11) is 3.81. The first-order valence-corrected chi connectivity index (χ1v) is 6.17. The molecule has 0 aliphatic heterocycles. The number of aryl methyl sites for hydroxylation is 1. The first-order valence-electron chi connectivity index (χ1n) is 5.76. The van der Waals surface area contributed by atoms with Crippen molar-refractivity contribution in [1.82, 2.24) is 14.3 Å². The minimum absolute atomic E-state index is 0.721. The van der Waals surface area contributed by atoms with Gasteiger partial charge in [-0.15, -0.1) is 0 Å². The molecule has 0 atom stereocenters. The smallest absolute Gasteiger partial charge is 0.197 e. The molecule has 0 unspecified atom stereocenters. The summed E-state index contributed by atoms with van der Waals surface area (Å²) in [5.74, 6) is 0.897. The molecule has 18 heavy (non-hydrogen) atoms. The van der Waals surface area contributed by atoms with Crippen molar-refractivity contribution in [3.05, 3.63) is 47.2 Å². The van der Waals surface area contributed by atoms with E-state index >= 15 is 0 Å². The average molecular weight is 255 g/mol. The molecule has 0 aliphatic carbocycles. The predicted octanol–water partition coefficient (Wildman–Crippen LogP) is 3.31. The topological polar surface area (TPSA) is 22.8 Å². The zero-order valence-electron chi connectivity index (χ0n) is 10.3. The van der Waals surface area contributed by atoms with Gasteiger partial charge in [-0.1, -0.05) is 36.4 Å². The van der Waals surface area contributed by atoms with E-state index in [1.807, 2.05) is 30.8 Å². The quantitative estimate of drug-likeness (QED) is 0.623. The van der Waals surface area contributed by atoms with Crippen LogP contribution in [0.1, 0.15) is 0 Å². The molecule has 3 nitrogen and oxygen atoms in total. The highest BCUT2D eigenvalue weighted by atomic mass is 32.1. The highest BCUT2D eigenvalue weighted by molar-refractivity contribution is 7.71. The molecule has 0 N–H and O–H groups in total. The van der Waals surface area contributed by atoms with Crippen molar-refractivity contribution >= 4 is 23.0 Å². The SMILES string of the molecule is Cn1nc(-c2ccc3ccccc3c2)n(C)c1=S. The van der Waals surface area contributed by atoms with Gasteiger partial charge in [0.25, 0.3) is 0 Å². The van der Waals surface area contributed by atoms with Crippen LogP contribution in [0.25, 0.3) is 22.2 Å². The van der Waals surface area contributed by atoms with Gasteiger partial charge < -0.3 is 4.57 Å². The molecule has 1 heterocycles. The Bertz CT molecular complexity index is 783. The Morgan fingerprint density at radius 2 is 1.72 bits per heavy atom. The summed E-state index contributed by atoms with van der Waals surface area (Å²) < 4.78 is 4.37. The highest BCUT2D eigenvalue weighted by Gasteiger charge is 2.08. The number of nitrogens with zero attached hydrogens (tertiary/aromatic N) is 3. The van der Waals surface area contributed by atoms with Gasteiger partial charge in [-0.25, -0.2) is 4.68 Å². The monoisotopic (exact) mass is 255 g/mol. The number of hydrogen-bond acceptors (Lipinski definition) is 2. The van der Waals surface area contributed by atoms with Crippen LogP contribution in [0.15, 0.2) is 42.5 Å². The molecule has 0 saturated carbocycles. The van der Waals surface area contributed by atoms with Crippen LogP contribution in [0, 0.1) is 4.77 Å². The number of fused-ring (bicyclic) bond motifs is 1. The van der Waals surface area contributed by atoms with Crippen LogP contribution in [0.3, 0.4) is 0 Å². The summed E-state index contributed by atoms with van der Waals surface area (Å²) in [6.07, 6.45) is 0. The molecule has 0 radical (unpaired) electrons. The second-order valence-electron chi connectivity index (χ2n) is 4.35. The zero-order chi connectivity index (χ0) is 12.7. The molecular weight excluding hydrogens is 242 g/mol. The third kappa shape index (κ3) is 1.66. The summed E-state index contributed by atoms with van der Waals surface area (Å²) in [4.78, 5) is 0. The first-order chi connectivity index (χ1) is 8.66. The van der Waals surface area contributed by atoms with E-state index < -0.39 is 0 Å². The molecule has 0 aliphatic rings. The van der Waals surface area contributed by atoms with Crippen LogP contribution in [0.4, 0.5) is 0 Å². The van der Waals surface area contributed by atoms with Crippen LogP contribution in [-0.4, -0.2) is 14.3 Å². The van der Waals surface area contributed by atoms with Gasteiger partial charge in [-0.2, -0.15) is 5.10 Å². The van der Waals surface area contributed by atoms with Crippen LogP contribution in [0.5, 0.6) is 0 Å².